The molecule has 1 atom stereocenters. The first-order valence-corrected chi connectivity index (χ1v) is 11.2. The van der Waals surface area contributed by atoms with Gasteiger partial charge in [-0.15, -0.1) is 0 Å². The molecule has 8 heteroatoms. The Morgan fingerprint density at radius 3 is 2.91 bits per heavy atom. The van der Waals surface area contributed by atoms with Crippen molar-refractivity contribution in [2.24, 2.45) is 0 Å². The molecule has 0 aliphatic carbocycles. The molecule has 8 nitrogen and oxygen atoms in total. The molecule has 4 heterocycles. The van der Waals surface area contributed by atoms with Crippen LogP contribution in [0.2, 0.25) is 0 Å². The minimum absolute atomic E-state index is 0.0279. The first-order chi connectivity index (χ1) is 16.1. The molecular formula is C25H27N5O3. The number of nitrogens with one attached hydrogen (secondary N) is 1. The Morgan fingerprint density at radius 2 is 2.06 bits per heavy atom. The van der Waals surface area contributed by atoms with Gasteiger partial charge in [0.05, 0.1) is 19.4 Å². The number of methoxy groups -OCH3 is 1. The number of aryl methyl sites for hydroxylation is 1. The second-order valence-corrected chi connectivity index (χ2v) is 8.40. The number of likely N-dealkylation sites (tertiary alicyclic amines) is 1. The van der Waals surface area contributed by atoms with Crippen molar-refractivity contribution >= 4 is 11.6 Å². The molecule has 0 spiro atoms. The summed E-state index contributed by atoms with van der Waals surface area (Å²) < 4.78 is 13.1. The molecule has 1 aliphatic heterocycles. The van der Waals surface area contributed by atoms with Crippen molar-refractivity contribution in [3.05, 3.63) is 77.5 Å². The Kier molecular flexibility index (Phi) is 5.73. The molecule has 1 N–H and O–H groups in total. The van der Waals surface area contributed by atoms with Crippen molar-refractivity contribution in [1.29, 1.82) is 0 Å². The van der Waals surface area contributed by atoms with Gasteiger partial charge in [-0.25, -0.2) is 4.98 Å². The lowest BCUT2D eigenvalue weighted by atomic mass is 10.0. The molecule has 0 saturated carbocycles. The smallest absolute Gasteiger partial charge is 0.274 e. The maximum absolute atomic E-state index is 13.0. The standard InChI is InChI=1S/C25H27N5O3/c1-17-7-10-29-16-21(26-24(29)13-17)25(31)30-11-8-18(15-30)20-14-19(27-28-20)9-12-33-23-6-4-3-5-22(23)32-2/h3-7,10,13-14,16,18H,8-9,11-12,15H2,1-2H3,(H,27,28)/t18-/m0/s1. The number of aromatic nitrogens is 4. The van der Waals surface area contributed by atoms with Crippen LogP contribution in [0.25, 0.3) is 5.65 Å². The molecule has 3 aromatic heterocycles. The van der Waals surface area contributed by atoms with Crippen molar-refractivity contribution < 1.29 is 14.3 Å². The van der Waals surface area contributed by atoms with Crippen molar-refractivity contribution in [1.82, 2.24) is 24.5 Å². The summed E-state index contributed by atoms with van der Waals surface area (Å²) in [6.07, 6.45) is 5.34. The van der Waals surface area contributed by atoms with Gasteiger partial charge in [-0.3, -0.25) is 9.89 Å². The van der Waals surface area contributed by atoms with Crippen molar-refractivity contribution in [3.8, 4) is 11.5 Å². The predicted molar refractivity (Wildman–Crippen MR) is 124 cm³/mol. The zero-order chi connectivity index (χ0) is 22.8. The van der Waals surface area contributed by atoms with E-state index in [9.17, 15) is 4.79 Å². The van der Waals surface area contributed by atoms with Crippen LogP contribution in [0.15, 0.2) is 54.9 Å². The van der Waals surface area contributed by atoms with E-state index in [0.29, 0.717) is 31.8 Å². The van der Waals surface area contributed by atoms with Gasteiger partial charge in [0, 0.05) is 43.5 Å². The van der Waals surface area contributed by atoms with Crippen LogP contribution in [0.5, 0.6) is 11.5 Å². The fourth-order valence-corrected chi connectivity index (χ4v) is 4.26. The van der Waals surface area contributed by atoms with Crippen LogP contribution >= 0.6 is 0 Å². The van der Waals surface area contributed by atoms with Crippen molar-refractivity contribution in [2.75, 3.05) is 26.8 Å². The van der Waals surface area contributed by atoms with Gasteiger partial charge in [-0.1, -0.05) is 12.1 Å². The molecule has 0 unspecified atom stereocenters. The Morgan fingerprint density at radius 1 is 1.21 bits per heavy atom. The highest BCUT2D eigenvalue weighted by Crippen LogP contribution is 2.28. The van der Waals surface area contributed by atoms with E-state index >= 15 is 0 Å². The minimum atomic E-state index is -0.0279. The van der Waals surface area contributed by atoms with Crippen LogP contribution in [0.1, 0.15) is 39.8 Å². The molecule has 4 aromatic rings. The van der Waals surface area contributed by atoms with Crippen LogP contribution in [-0.2, 0) is 6.42 Å². The fourth-order valence-electron chi connectivity index (χ4n) is 4.26. The number of rotatable bonds is 7. The Labute approximate surface area is 192 Å². The third kappa shape index (κ3) is 4.41. The highest BCUT2D eigenvalue weighted by Gasteiger charge is 2.30. The van der Waals surface area contributed by atoms with Gasteiger partial charge in [-0.2, -0.15) is 5.10 Å². The van der Waals surface area contributed by atoms with Gasteiger partial charge < -0.3 is 18.8 Å². The normalized spacial score (nSPS) is 15.8. The van der Waals surface area contributed by atoms with Crippen molar-refractivity contribution in [3.63, 3.8) is 0 Å². The van der Waals surface area contributed by atoms with Crippen LogP contribution in [0, 0.1) is 6.92 Å². The highest BCUT2D eigenvalue weighted by molar-refractivity contribution is 5.93. The number of imidazole rings is 1. The molecular weight excluding hydrogens is 418 g/mol. The lowest BCUT2D eigenvalue weighted by Gasteiger charge is -2.14. The van der Waals surface area contributed by atoms with Gasteiger partial charge in [0.25, 0.3) is 5.91 Å². The topological polar surface area (TPSA) is 84.8 Å². The first-order valence-electron chi connectivity index (χ1n) is 11.2. The van der Waals surface area contributed by atoms with E-state index < -0.39 is 0 Å². The third-order valence-corrected chi connectivity index (χ3v) is 6.08. The molecule has 33 heavy (non-hydrogen) atoms. The highest BCUT2D eigenvalue weighted by atomic mass is 16.5. The van der Waals surface area contributed by atoms with Crippen LogP contribution in [0.3, 0.4) is 0 Å². The molecule has 0 radical (unpaired) electrons. The van der Waals surface area contributed by atoms with E-state index in [-0.39, 0.29) is 11.8 Å². The van der Waals surface area contributed by atoms with Gasteiger partial charge in [0.2, 0.25) is 0 Å². The molecule has 1 fully saturated rings. The molecule has 1 aliphatic rings. The number of aromatic amines is 1. The number of nitrogens with zero attached hydrogens (tertiary/aromatic N) is 4. The average Bonchev–Trinajstić information content (AvgIpc) is 3.58. The lowest BCUT2D eigenvalue weighted by Crippen LogP contribution is -2.28. The number of ether oxygens (including phenoxy) is 2. The van der Waals surface area contributed by atoms with E-state index in [1.165, 1.54) is 0 Å². The second kappa shape index (κ2) is 8.97. The third-order valence-electron chi connectivity index (χ3n) is 6.08. The van der Waals surface area contributed by atoms with E-state index in [0.717, 1.165) is 40.5 Å². The van der Waals surface area contributed by atoms with Gasteiger partial charge in [-0.05, 0) is 49.2 Å². The Hall–Kier alpha value is -3.81. The number of pyridine rings is 1. The SMILES string of the molecule is COc1ccccc1OCCc1cc([C@H]2CCN(C(=O)c3cn4ccc(C)cc4n3)C2)n[nH]1. The number of carbonyl (C=O) groups is 1. The second-order valence-electron chi connectivity index (χ2n) is 8.40. The summed E-state index contributed by atoms with van der Waals surface area (Å²) in [6, 6.07) is 13.7. The van der Waals surface area contributed by atoms with Gasteiger partial charge in [0.1, 0.15) is 11.3 Å². The predicted octanol–water partition coefficient (Wildman–Crippen LogP) is 3.63. The minimum Gasteiger partial charge on any atom is -0.493 e. The summed E-state index contributed by atoms with van der Waals surface area (Å²) >= 11 is 0. The van der Waals surface area contributed by atoms with Gasteiger partial charge >= 0.3 is 0 Å². The number of amides is 1. The first kappa shape index (κ1) is 21.1. The number of hydrogen-bond donors (Lipinski definition) is 1. The summed E-state index contributed by atoms with van der Waals surface area (Å²) in [5.74, 6) is 1.64. The maximum atomic E-state index is 13.0. The zero-order valence-corrected chi connectivity index (χ0v) is 18.8. The molecule has 1 amide bonds. The number of fused-ring (bicyclic) bond motifs is 1. The van der Waals surface area contributed by atoms with Crippen LogP contribution < -0.4 is 9.47 Å². The quantitative estimate of drug-likeness (QED) is 0.470. The summed E-state index contributed by atoms with van der Waals surface area (Å²) in [5.41, 5.74) is 4.40. The van der Waals surface area contributed by atoms with Gasteiger partial charge in [0.15, 0.2) is 11.5 Å². The number of para-hydroxylation sites is 2. The maximum Gasteiger partial charge on any atom is 0.274 e. The molecule has 170 valence electrons. The average molecular weight is 446 g/mol. The number of carbonyl (C=O) groups excluding carboxylic acids is 1. The lowest BCUT2D eigenvalue weighted by molar-refractivity contribution is 0.0785. The fraction of sp³-hybridized carbons (Fsp3) is 0.320. The molecule has 1 saturated heterocycles. The van der Waals surface area contributed by atoms with E-state index in [1.54, 1.807) is 13.3 Å². The summed E-state index contributed by atoms with van der Waals surface area (Å²) in [7, 11) is 1.63. The van der Waals surface area contributed by atoms with E-state index in [4.69, 9.17) is 9.47 Å². The molecule has 5 rings (SSSR count). The largest absolute Gasteiger partial charge is 0.493 e. The summed E-state index contributed by atoms with van der Waals surface area (Å²) in [4.78, 5) is 19.4. The number of hydrogen-bond acceptors (Lipinski definition) is 5. The Balaban J connectivity index is 1.18. The van der Waals surface area contributed by atoms with Crippen LogP contribution in [0.4, 0.5) is 0 Å². The number of benzene rings is 1. The Bertz CT molecular complexity index is 1280. The number of H-pyrrole nitrogens is 1. The van der Waals surface area contributed by atoms with Crippen LogP contribution in [-0.4, -0.2) is 57.2 Å². The van der Waals surface area contributed by atoms with E-state index in [2.05, 4.69) is 21.2 Å². The summed E-state index contributed by atoms with van der Waals surface area (Å²) in [5, 5.41) is 7.62. The molecule has 1 aromatic carbocycles. The van der Waals surface area contributed by atoms with E-state index in [1.807, 2.05) is 58.8 Å². The zero-order valence-electron chi connectivity index (χ0n) is 18.8. The summed E-state index contributed by atoms with van der Waals surface area (Å²) in [6.45, 7) is 3.89. The monoisotopic (exact) mass is 445 g/mol. The van der Waals surface area contributed by atoms with Crippen molar-refractivity contribution in [2.45, 2.75) is 25.7 Å². The molecule has 0 bridgehead atoms.